The second-order valence-corrected chi connectivity index (χ2v) is 5.52. The van der Waals surface area contributed by atoms with Crippen molar-refractivity contribution in [2.75, 3.05) is 33.7 Å². The van der Waals surface area contributed by atoms with Gasteiger partial charge in [0, 0.05) is 11.6 Å². The third-order valence-corrected chi connectivity index (χ3v) is 3.48. The van der Waals surface area contributed by atoms with E-state index in [0.29, 0.717) is 11.6 Å². The van der Waals surface area contributed by atoms with E-state index >= 15 is 0 Å². The Bertz CT molecular complexity index is 450. The van der Waals surface area contributed by atoms with E-state index in [4.69, 9.17) is 11.6 Å². The van der Waals surface area contributed by atoms with Crippen LogP contribution in [0.4, 0.5) is 0 Å². The Balaban J connectivity index is 2.04. The van der Waals surface area contributed by atoms with Crippen LogP contribution in [0.25, 0.3) is 0 Å². The summed E-state index contributed by atoms with van der Waals surface area (Å²) in [6.07, 6.45) is 0.922. The van der Waals surface area contributed by atoms with E-state index in [-0.39, 0.29) is 12.1 Å². The maximum absolute atomic E-state index is 11.9. The van der Waals surface area contributed by atoms with Crippen LogP contribution in [0, 0.1) is 0 Å². The lowest BCUT2D eigenvalue weighted by Gasteiger charge is -2.25. The number of hydrogen-bond donors (Lipinski definition) is 1. The summed E-state index contributed by atoms with van der Waals surface area (Å²) in [6.45, 7) is 2.15. The number of nitrogens with one attached hydrogen (secondary N) is 1. The zero-order chi connectivity index (χ0) is 13.8. The minimum atomic E-state index is -0.0478. The topological polar surface area (TPSA) is 35.6 Å². The van der Waals surface area contributed by atoms with Gasteiger partial charge in [-0.25, -0.2) is 0 Å². The van der Waals surface area contributed by atoms with E-state index in [9.17, 15) is 4.79 Å². The molecular weight excluding hydrogens is 262 g/mol. The predicted molar refractivity (Wildman–Crippen MR) is 77.1 cm³/mol. The number of benzene rings is 1. The van der Waals surface area contributed by atoms with Crippen LogP contribution in [0.2, 0.25) is 5.02 Å². The highest BCUT2D eigenvalue weighted by atomic mass is 35.5. The normalized spacial score (nSPS) is 19.5. The van der Waals surface area contributed by atoms with E-state index in [1.807, 2.05) is 43.3 Å². The Labute approximate surface area is 119 Å². The van der Waals surface area contributed by atoms with Crippen LogP contribution in [-0.4, -0.2) is 49.4 Å². The third kappa shape index (κ3) is 3.69. The van der Waals surface area contributed by atoms with Crippen molar-refractivity contribution in [1.29, 1.82) is 0 Å². The van der Waals surface area contributed by atoms with Gasteiger partial charge in [0.25, 0.3) is 0 Å². The molecule has 1 unspecified atom stereocenters. The molecule has 0 aliphatic carbocycles. The van der Waals surface area contributed by atoms with Crippen LogP contribution in [0.3, 0.4) is 0 Å². The molecule has 0 radical (unpaired) electrons. The smallest absolute Gasteiger partial charge is 0.238 e. The number of amides is 1. The standard InChI is InChI=1S/C14H20ClN3O/c1-17(2)7-4-8-18-13(19)10-16-14(18)11-5-3-6-12(15)9-11/h3,5-6,9,14,16H,4,7-8,10H2,1-2H3. The highest BCUT2D eigenvalue weighted by Crippen LogP contribution is 2.24. The molecule has 1 aromatic rings. The number of carbonyl (C=O) groups excluding carboxylic acids is 1. The summed E-state index contributed by atoms with van der Waals surface area (Å²) in [4.78, 5) is 16.0. The molecule has 1 aromatic carbocycles. The number of halogens is 1. The van der Waals surface area contributed by atoms with Crippen LogP contribution in [-0.2, 0) is 4.79 Å². The van der Waals surface area contributed by atoms with E-state index in [2.05, 4.69) is 10.2 Å². The first kappa shape index (κ1) is 14.3. The van der Waals surface area contributed by atoms with Crippen LogP contribution in [0.5, 0.6) is 0 Å². The van der Waals surface area contributed by atoms with Crippen LogP contribution in [0.1, 0.15) is 18.2 Å². The molecule has 1 N–H and O–H groups in total. The van der Waals surface area contributed by atoms with Crippen LogP contribution in [0.15, 0.2) is 24.3 Å². The Morgan fingerprint density at radius 2 is 2.26 bits per heavy atom. The minimum Gasteiger partial charge on any atom is -0.322 e. The monoisotopic (exact) mass is 281 g/mol. The molecule has 104 valence electrons. The Kier molecular flexibility index (Phi) is 4.80. The van der Waals surface area contributed by atoms with Gasteiger partial charge in [-0.3, -0.25) is 10.1 Å². The van der Waals surface area contributed by atoms with E-state index in [0.717, 1.165) is 25.1 Å². The van der Waals surface area contributed by atoms with Crippen molar-refractivity contribution in [3.8, 4) is 0 Å². The van der Waals surface area contributed by atoms with Crippen molar-refractivity contribution in [3.05, 3.63) is 34.9 Å². The molecular formula is C14H20ClN3O. The molecule has 5 heteroatoms. The Hall–Kier alpha value is -1.10. The first-order chi connectivity index (χ1) is 9.08. The van der Waals surface area contributed by atoms with Crippen LogP contribution < -0.4 is 5.32 Å². The van der Waals surface area contributed by atoms with Gasteiger partial charge >= 0.3 is 0 Å². The highest BCUT2D eigenvalue weighted by molar-refractivity contribution is 6.30. The molecule has 1 atom stereocenters. The van der Waals surface area contributed by atoms with Gasteiger partial charge in [0.15, 0.2) is 0 Å². The van der Waals surface area contributed by atoms with Gasteiger partial charge in [-0.2, -0.15) is 0 Å². The Morgan fingerprint density at radius 3 is 2.95 bits per heavy atom. The van der Waals surface area contributed by atoms with E-state index in [1.54, 1.807) is 0 Å². The summed E-state index contributed by atoms with van der Waals surface area (Å²) in [5, 5.41) is 3.94. The zero-order valence-corrected chi connectivity index (χ0v) is 12.2. The lowest BCUT2D eigenvalue weighted by molar-refractivity contribution is -0.128. The molecule has 1 aliphatic heterocycles. The van der Waals surface area contributed by atoms with Crippen molar-refractivity contribution < 1.29 is 4.79 Å². The summed E-state index contributed by atoms with van der Waals surface area (Å²) in [5.41, 5.74) is 1.04. The van der Waals surface area contributed by atoms with Crippen molar-refractivity contribution in [1.82, 2.24) is 15.1 Å². The molecule has 1 heterocycles. The first-order valence-corrected chi connectivity index (χ1v) is 6.89. The molecule has 1 saturated heterocycles. The summed E-state index contributed by atoms with van der Waals surface area (Å²) in [7, 11) is 4.08. The fraction of sp³-hybridized carbons (Fsp3) is 0.500. The number of nitrogens with zero attached hydrogens (tertiary/aromatic N) is 2. The summed E-state index contributed by atoms with van der Waals surface area (Å²) in [6, 6.07) is 7.68. The lowest BCUT2D eigenvalue weighted by atomic mass is 10.1. The van der Waals surface area contributed by atoms with Gasteiger partial charge < -0.3 is 9.80 Å². The molecule has 1 amide bonds. The van der Waals surface area contributed by atoms with E-state index in [1.165, 1.54) is 0 Å². The quantitative estimate of drug-likeness (QED) is 0.893. The van der Waals surface area contributed by atoms with Crippen LogP contribution >= 0.6 is 11.6 Å². The maximum Gasteiger partial charge on any atom is 0.238 e. The van der Waals surface area contributed by atoms with Crippen molar-refractivity contribution in [3.63, 3.8) is 0 Å². The van der Waals surface area contributed by atoms with Crippen molar-refractivity contribution in [2.24, 2.45) is 0 Å². The predicted octanol–water partition coefficient (Wildman–Crippen LogP) is 1.72. The highest BCUT2D eigenvalue weighted by Gasteiger charge is 2.30. The second-order valence-electron chi connectivity index (χ2n) is 5.08. The molecule has 2 rings (SSSR count). The molecule has 0 saturated carbocycles. The minimum absolute atomic E-state index is 0.0478. The fourth-order valence-electron chi connectivity index (χ4n) is 2.33. The molecule has 0 spiro atoms. The Morgan fingerprint density at radius 1 is 1.47 bits per heavy atom. The molecule has 0 bridgehead atoms. The first-order valence-electron chi connectivity index (χ1n) is 6.51. The molecule has 0 aromatic heterocycles. The number of rotatable bonds is 5. The maximum atomic E-state index is 11.9. The third-order valence-electron chi connectivity index (χ3n) is 3.25. The van der Waals surface area contributed by atoms with Gasteiger partial charge in [0.1, 0.15) is 6.17 Å². The second kappa shape index (κ2) is 6.37. The van der Waals surface area contributed by atoms with Gasteiger partial charge in [0.2, 0.25) is 5.91 Å². The average Bonchev–Trinajstić information content (AvgIpc) is 2.71. The van der Waals surface area contributed by atoms with Gasteiger partial charge in [-0.1, -0.05) is 23.7 Å². The van der Waals surface area contributed by atoms with Gasteiger partial charge in [0.05, 0.1) is 6.54 Å². The van der Waals surface area contributed by atoms with Crippen molar-refractivity contribution in [2.45, 2.75) is 12.6 Å². The van der Waals surface area contributed by atoms with Gasteiger partial charge in [-0.05, 0) is 44.8 Å². The SMILES string of the molecule is CN(C)CCCN1C(=O)CNC1c1cccc(Cl)c1. The summed E-state index contributed by atoms with van der Waals surface area (Å²) >= 11 is 6.02. The summed E-state index contributed by atoms with van der Waals surface area (Å²) < 4.78 is 0. The molecule has 1 aliphatic rings. The average molecular weight is 282 g/mol. The van der Waals surface area contributed by atoms with E-state index < -0.39 is 0 Å². The van der Waals surface area contributed by atoms with Crippen molar-refractivity contribution >= 4 is 17.5 Å². The summed E-state index contributed by atoms with van der Waals surface area (Å²) in [5.74, 6) is 0.156. The molecule has 19 heavy (non-hydrogen) atoms. The largest absolute Gasteiger partial charge is 0.322 e. The molecule has 4 nitrogen and oxygen atoms in total. The fourth-order valence-corrected chi connectivity index (χ4v) is 2.52. The van der Waals surface area contributed by atoms with Gasteiger partial charge in [-0.15, -0.1) is 0 Å². The molecule has 1 fully saturated rings. The number of hydrogen-bond acceptors (Lipinski definition) is 3. The zero-order valence-electron chi connectivity index (χ0n) is 11.4. The number of carbonyl (C=O) groups is 1. The lowest BCUT2D eigenvalue weighted by Crippen LogP contribution is -2.32.